The molecule has 2 aromatic rings. The number of halogens is 1. The number of hydrogen-bond donors (Lipinski definition) is 0. The molecule has 0 unspecified atom stereocenters. The molecule has 3 nitrogen and oxygen atoms in total. The lowest BCUT2D eigenvalue weighted by Crippen LogP contribution is -2.48. The number of rotatable bonds is 2. The molecule has 2 aliphatic rings. The Morgan fingerprint density at radius 1 is 1.15 bits per heavy atom. The van der Waals surface area contributed by atoms with Gasteiger partial charge in [-0.1, -0.05) is 47.6 Å². The number of nitrogens with zero attached hydrogens (tertiary/aromatic N) is 2. The van der Waals surface area contributed by atoms with Crippen LogP contribution in [-0.2, 0) is 0 Å². The first-order valence-corrected chi connectivity index (χ1v) is 9.60. The minimum atomic E-state index is -0.535. The number of thiocarbonyl (C=S) groups is 1. The minimum absolute atomic E-state index is 0.0973. The van der Waals surface area contributed by atoms with Crippen molar-refractivity contribution < 1.29 is 4.79 Å². The summed E-state index contributed by atoms with van der Waals surface area (Å²) in [4.78, 5) is 20.6. The van der Waals surface area contributed by atoms with E-state index < -0.39 is 5.66 Å². The molecule has 0 atom stereocenters. The molecule has 1 spiro atoms. The van der Waals surface area contributed by atoms with E-state index in [2.05, 4.69) is 6.07 Å². The third kappa shape index (κ3) is 2.87. The molecule has 132 valence electrons. The Kier molecular flexibility index (Phi) is 4.41. The standard InChI is InChI=1S/C21H19ClN2OS/c1-14-5-4-6-16(13-14)18-20(26)24(21(23-18)11-2-3-12-21)19(25)15-7-9-17(22)10-8-15/h4-10,13H,2-3,11-12H2,1H3. The lowest BCUT2D eigenvalue weighted by atomic mass is 10.1. The Morgan fingerprint density at radius 2 is 1.85 bits per heavy atom. The van der Waals surface area contributed by atoms with E-state index in [-0.39, 0.29) is 5.91 Å². The molecule has 1 saturated carbocycles. The van der Waals surface area contributed by atoms with Gasteiger partial charge >= 0.3 is 0 Å². The van der Waals surface area contributed by atoms with Crippen molar-refractivity contribution in [3.05, 3.63) is 70.2 Å². The second-order valence-electron chi connectivity index (χ2n) is 6.97. The van der Waals surface area contributed by atoms with Crippen molar-refractivity contribution in [3.63, 3.8) is 0 Å². The maximum Gasteiger partial charge on any atom is 0.260 e. The fourth-order valence-corrected chi connectivity index (χ4v) is 4.40. The summed E-state index contributed by atoms with van der Waals surface area (Å²) in [6.45, 7) is 2.05. The summed E-state index contributed by atoms with van der Waals surface area (Å²) < 4.78 is 0. The first kappa shape index (κ1) is 17.4. The Hall–Kier alpha value is -2.04. The van der Waals surface area contributed by atoms with Crippen LogP contribution >= 0.6 is 23.8 Å². The fraction of sp³-hybridized carbons (Fsp3) is 0.286. The monoisotopic (exact) mass is 382 g/mol. The van der Waals surface area contributed by atoms with Gasteiger partial charge in [0.25, 0.3) is 5.91 Å². The highest BCUT2D eigenvalue weighted by Gasteiger charge is 2.50. The summed E-state index contributed by atoms with van der Waals surface area (Å²) in [6.07, 6.45) is 3.80. The molecular weight excluding hydrogens is 364 g/mol. The van der Waals surface area contributed by atoms with E-state index in [4.69, 9.17) is 28.8 Å². The Morgan fingerprint density at radius 3 is 2.50 bits per heavy atom. The maximum absolute atomic E-state index is 13.3. The molecule has 1 aliphatic carbocycles. The van der Waals surface area contributed by atoms with E-state index >= 15 is 0 Å². The minimum Gasteiger partial charge on any atom is -0.271 e. The van der Waals surface area contributed by atoms with Gasteiger partial charge in [0.05, 0.1) is 0 Å². The number of carbonyl (C=O) groups is 1. The van der Waals surface area contributed by atoms with Crippen molar-refractivity contribution in [3.8, 4) is 0 Å². The molecule has 1 amide bonds. The molecule has 0 saturated heterocycles. The molecule has 0 bridgehead atoms. The molecule has 26 heavy (non-hydrogen) atoms. The van der Waals surface area contributed by atoms with Gasteiger partial charge in [0, 0.05) is 16.1 Å². The van der Waals surface area contributed by atoms with E-state index in [9.17, 15) is 4.79 Å². The van der Waals surface area contributed by atoms with E-state index in [1.165, 1.54) is 0 Å². The highest BCUT2D eigenvalue weighted by molar-refractivity contribution is 7.82. The van der Waals surface area contributed by atoms with Crippen molar-refractivity contribution in [1.29, 1.82) is 0 Å². The first-order valence-electron chi connectivity index (χ1n) is 8.82. The number of aliphatic imine (C=N–C) groups is 1. The van der Waals surface area contributed by atoms with Gasteiger partial charge in [0.2, 0.25) is 0 Å². The van der Waals surface area contributed by atoms with Crippen LogP contribution in [0.15, 0.2) is 53.5 Å². The molecular formula is C21H19ClN2OS. The Bertz CT molecular complexity index is 914. The second-order valence-corrected chi connectivity index (χ2v) is 7.80. The largest absolute Gasteiger partial charge is 0.271 e. The van der Waals surface area contributed by atoms with Gasteiger partial charge in [-0.15, -0.1) is 0 Å². The van der Waals surface area contributed by atoms with Crippen LogP contribution in [0.3, 0.4) is 0 Å². The van der Waals surface area contributed by atoms with Gasteiger partial charge in [-0.25, -0.2) is 0 Å². The van der Waals surface area contributed by atoms with Crippen LogP contribution in [0.4, 0.5) is 0 Å². The molecule has 1 aliphatic heterocycles. The Labute approximate surface area is 163 Å². The van der Waals surface area contributed by atoms with Crippen LogP contribution in [0.2, 0.25) is 5.02 Å². The van der Waals surface area contributed by atoms with Gasteiger partial charge in [0.15, 0.2) is 0 Å². The lowest BCUT2D eigenvalue weighted by Gasteiger charge is -2.32. The van der Waals surface area contributed by atoms with Gasteiger partial charge in [-0.05, 0) is 62.9 Å². The van der Waals surface area contributed by atoms with Crippen molar-refractivity contribution >= 4 is 40.4 Å². The van der Waals surface area contributed by atoms with E-state index in [1.54, 1.807) is 29.2 Å². The van der Waals surface area contributed by atoms with Gasteiger partial charge in [-0.3, -0.25) is 14.7 Å². The number of aryl methyl sites for hydroxylation is 1. The van der Waals surface area contributed by atoms with Crippen molar-refractivity contribution in [1.82, 2.24) is 4.90 Å². The van der Waals surface area contributed by atoms with Crippen LogP contribution in [0.1, 0.15) is 47.2 Å². The average Bonchev–Trinajstić information content (AvgIpc) is 3.20. The van der Waals surface area contributed by atoms with Crippen LogP contribution in [-0.4, -0.2) is 27.2 Å². The van der Waals surface area contributed by atoms with Gasteiger partial charge < -0.3 is 0 Å². The predicted octanol–water partition coefficient (Wildman–Crippen LogP) is 5.19. The highest BCUT2D eigenvalue weighted by atomic mass is 35.5. The highest BCUT2D eigenvalue weighted by Crippen LogP contribution is 2.42. The summed E-state index contributed by atoms with van der Waals surface area (Å²) in [5.74, 6) is -0.0973. The quantitative estimate of drug-likeness (QED) is 0.669. The molecule has 5 heteroatoms. The molecule has 0 aromatic heterocycles. The SMILES string of the molecule is Cc1cccc(C2=NC3(CCCC3)N(C(=O)c3ccc(Cl)cc3)C2=S)c1. The van der Waals surface area contributed by atoms with Crippen LogP contribution in [0.25, 0.3) is 0 Å². The third-order valence-corrected chi connectivity index (χ3v) is 5.76. The fourth-order valence-electron chi connectivity index (χ4n) is 3.86. The number of carbonyl (C=O) groups excluding carboxylic acids is 1. The van der Waals surface area contributed by atoms with E-state index in [1.807, 2.05) is 25.1 Å². The van der Waals surface area contributed by atoms with Gasteiger partial charge in [-0.2, -0.15) is 0 Å². The Balaban J connectivity index is 1.76. The van der Waals surface area contributed by atoms with Crippen molar-refractivity contribution in [2.24, 2.45) is 4.99 Å². The topological polar surface area (TPSA) is 32.7 Å². The summed E-state index contributed by atoms with van der Waals surface area (Å²) >= 11 is 11.7. The lowest BCUT2D eigenvalue weighted by molar-refractivity contribution is 0.0724. The van der Waals surface area contributed by atoms with Crippen LogP contribution in [0, 0.1) is 6.92 Å². The van der Waals surface area contributed by atoms with Gasteiger partial charge in [0.1, 0.15) is 16.4 Å². The molecule has 0 N–H and O–H groups in total. The summed E-state index contributed by atoms with van der Waals surface area (Å²) in [7, 11) is 0. The molecule has 0 radical (unpaired) electrons. The zero-order chi connectivity index (χ0) is 18.3. The smallest absolute Gasteiger partial charge is 0.260 e. The van der Waals surface area contributed by atoms with Crippen LogP contribution in [0.5, 0.6) is 0 Å². The average molecular weight is 383 g/mol. The summed E-state index contributed by atoms with van der Waals surface area (Å²) in [5, 5.41) is 0.609. The molecule has 2 aromatic carbocycles. The number of amides is 1. The molecule has 1 fully saturated rings. The second kappa shape index (κ2) is 6.60. The summed E-state index contributed by atoms with van der Waals surface area (Å²) in [6, 6.07) is 15.1. The number of hydrogen-bond acceptors (Lipinski definition) is 3. The first-order chi connectivity index (χ1) is 12.5. The zero-order valence-corrected chi connectivity index (χ0v) is 16.1. The molecule has 4 rings (SSSR count). The van der Waals surface area contributed by atoms with Crippen molar-refractivity contribution in [2.45, 2.75) is 38.3 Å². The summed E-state index contributed by atoms with van der Waals surface area (Å²) in [5.41, 5.74) is 2.94. The van der Waals surface area contributed by atoms with E-state index in [0.717, 1.165) is 42.5 Å². The maximum atomic E-state index is 13.3. The third-order valence-electron chi connectivity index (χ3n) is 5.13. The predicted molar refractivity (Wildman–Crippen MR) is 109 cm³/mol. The number of benzene rings is 2. The van der Waals surface area contributed by atoms with Crippen molar-refractivity contribution in [2.75, 3.05) is 0 Å². The van der Waals surface area contributed by atoms with Crippen LogP contribution < -0.4 is 0 Å². The molecule has 1 heterocycles. The zero-order valence-electron chi connectivity index (χ0n) is 14.5. The van der Waals surface area contributed by atoms with E-state index in [0.29, 0.717) is 15.6 Å². The normalized spacial score (nSPS) is 18.5.